The summed E-state index contributed by atoms with van der Waals surface area (Å²) in [5, 5.41) is 6.54. The Kier molecular flexibility index (Phi) is 5.51. The molecule has 2 heterocycles. The lowest BCUT2D eigenvalue weighted by atomic mass is 10.1. The zero-order valence-corrected chi connectivity index (χ0v) is 11.2. The van der Waals surface area contributed by atoms with Gasteiger partial charge in [0.15, 0.2) is 0 Å². The zero-order chi connectivity index (χ0) is 12.6. The molecule has 0 amide bonds. The maximum atomic E-state index is 5.86. The zero-order valence-electron chi connectivity index (χ0n) is 10.4. The van der Waals surface area contributed by atoms with E-state index in [2.05, 4.69) is 22.2 Å². The maximum Gasteiger partial charge on any atom is 0.142 e. The van der Waals surface area contributed by atoms with E-state index in [1.165, 1.54) is 12.0 Å². The van der Waals surface area contributed by atoms with Crippen LogP contribution in [0.3, 0.4) is 0 Å². The Morgan fingerprint density at radius 1 is 1.56 bits per heavy atom. The van der Waals surface area contributed by atoms with E-state index >= 15 is 0 Å². The van der Waals surface area contributed by atoms with Crippen molar-refractivity contribution in [1.29, 1.82) is 0 Å². The van der Waals surface area contributed by atoms with Crippen LogP contribution < -0.4 is 10.6 Å². The first kappa shape index (κ1) is 13.4. The van der Waals surface area contributed by atoms with Crippen molar-refractivity contribution in [2.24, 2.45) is 0 Å². The van der Waals surface area contributed by atoms with Crippen LogP contribution in [0.15, 0.2) is 35.9 Å². The molecule has 1 aromatic heterocycles. The van der Waals surface area contributed by atoms with Crippen molar-refractivity contribution in [3.8, 4) is 0 Å². The fraction of sp³-hybridized carbons (Fsp3) is 0.462. The maximum absolute atomic E-state index is 5.86. The molecule has 0 spiro atoms. The van der Waals surface area contributed by atoms with Gasteiger partial charge in [-0.25, -0.2) is 4.98 Å². The predicted octanol–water partition coefficient (Wildman–Crippen LogP) is 2.46. The van der Waals surface area contributed by atoms with Crippen LogP contribution in [0.25, 0.3) is 0 Å². The van der Waals surface area contributed by atoms with Crippen LogP contribution in [0.4, 0.5) is 5.82 Å². The first-order valence-corrected chi connectivity index (χ1v) is 6.98. The van der Waals surface area contributed by atoms with Crippen molar-refractivity contribution in [1.82, 2.24) is 10.3 Å². The van der Waals surface area contributed by atoms with Crippen molar-refractivity contribution >= 4 is 17.9 Å². The first-order chi connectivity index (χ1) is 8.90. The first-order valence-electron chi connectivity index (χ1n) is 6.24. The second-order valence-corrected chi connectivity index (χ2v) is 4.95. The Bertz CT molecular complexity index is 380. The van der Waals surface area contributed by atoms with Gasteiger partial charge in [-0.3, -0.25) is 0 Å². The summed E-state index contributed by atoms with van der Waals surface area (Å²) in [6.07, 6.45) is 6.08. The molecule has 0 unspecified atom stereocenters. The van der Waals surface area contributed by atoms with Crippen molar-refractivity contribution in [2.45, 2.75) is 23.8 Å². The minimum absolute atomic E-state index is 0.337. The summed E-state index contributed by atoms with van der Waals surface area (Å²) in [5.74, 6) is 0.858. The van der Waals surface area contributed by atoms with Crippen LogP contribution in [0.5, 0.6) is 0 Å². The van der Waals surface area contributed by atoms with E-state index in [0.29, 0.717) is 12.6 Å². The average molecular weight is 265 g/mol. The van der Waals surface area contributed by atoms with E-state index < -0.39 is 0 Å². The number of nitrogens with one attached hydrogen (secondary N) is 2. The smallest absolute Gasteiger partial charge is 0.142 e. The van der Waals surface area contributed by atoms with Crippen molar-refractivity contribution in [2.75, 3.05) is 25.0 Å². The standard InChI is InChI=1S/C13H19N3OS/c1-2-7-15-13-12(4-3-8-16-13)18-17-11-5-9-14-10-6-11/h2-4,8,11,14H,1,5-7,9-10H2,(H,15,16). The second kappa shape index (κ2) is 7.41. The summed E-state index contributed by atoms with van der Waals surface area (Å²) >= 11 is 1.42. The lowest BCUT2D eigenvalue weighted by Gasteiger charge is -2.22. The molecule has 0 saturated carbocycles. The van der Waals surface area contributed by atoms with Crippen molar-refractivity contribution in [3.05, 3.63) is 31.0 Å². The number of aromatic nitrogens is 1. The molecule has 18 heavy (non-hydrogen) atoms. The monoisotopic (exact) mass is 265 g/mol. The Morgan fingerprint density at radius 3 is 3.17 bits per heavy atom. The molecule has 0 radical (unpaired) electrons. The highest BCUT2D eigenvalue weighted by Gasteiger charge is 2.15. The highest BCUT2D eigenvalue weighted by Crippen LogP contribution is 2.28. The molecule has 0 aromatic carbocycles. The Balaban J connectivity index is 1.88. The Hall–Kier alpha value is -1.04. The van der Waals surface area contributed by atoms with E-state index in [9.17, 15) is 0 Å². The minimum Gasteiger partial charge on any atom is -0.366 e. The van der Waals surface area contributed by atoms with E-state index in [1.807, 2.05) is 18.2 Å². The third-order valence-corrected chi connectivity index (χ3v) is 3.62. The normalized spacial score (nSPS) is 16.4. The van der Waals surface area contributed by atoms with Gasteiger partial charge in [-0.15, -0.1) is 6.58 Å². The molecule has 4 nitrogen and oxygen atoms in total. The summed E-state index contributed by atoms with van der Waals surface area (Å²) < 4.78 is 5.86. The molecule has 1 aliphatic heterocycles. The van der Waals surface area contributed by atoms with Gasteiger partial charge in [0.25, 0.3) is 0 Å². The quantitative estimate of drug-likeness (QED) is 0.611. The van der Waals surface area contributed by atoms with E-state index in [1.54, 1.807) is 6.20 Å². The molecule has 1 saturated heterocycles. The molecule has 2 N–H and O–H groups in total. The number of hydrogen-bond donors (Lipinski definition) is 2. The third-order valence-electron chi connectivity index (χ3n) is 2.74. The molecule has 98 valence electrons. The molecule has 0 bridgehead atoms. The summed E-state index contributed by atoms with van der Waals surface area (Å²) in [4.78, 5) is 5.33. The highest BCUT2D eigenvalue weighted by atomic mass is 32.2. The lowest BCUT2D eigenvalue weighted by molar-refractivity contribution is 0.194. The molecule has 2 rings (SSSR count). The highest BCUT2D eigenvalue weighted by molar-refractivity contribution is 7.94. The van der Waals surface area contributed by atoms with Gasteiger partial charge in [0.2, 0.25) is 0 Å². The minimum atomic E-state index is 0.337. The van der Waals surface area contributed by atoms with Gasteiger partial charge in [-0.05, 0) is 38.1 Å². The second-order valence-electron chi connectivity index (χ2n) is 4.15. The summed E-state index contributed by atoms with van der Waals surface area (Å²) in [6, 6.07) is 3.94. The number of pyridine rings is 1. The fourth-order valence-corrected chi connectivity index (χ4v) is 2.54. The van der Waals surface area contributed by atoms with Crippen LogP contribution in [-0.2, 0) is 4.18 Å². The van der Waals surface area contributed by atoms with E-state index in [4.69, 9.17) is 4.18 Å². The van der Waals surface area contributed by atoms with Crippen LogP contribution in [0.1, 0.15) is 12.8 Å². The number of rotatable bonds is 6. The molecule has 1 aliphatic rings. The summed E-state index contributed by atoms with van der Waals surface area (Å²) in [5.41, 5.74) is 0. The van der Waals surface area contributed by atoms with Gasteiger partial charge < -0.3 is 14.8 Å². The number of piperidine rings is 1. The molecular weight excluding hydrogens is 246 g/mol. The molecule has 5 heteroatoms. The van der Waals surface area contributed by atoms with Crippen LogP contribution in [0, 0.1) is 0 Å². The van der Waals surface area contributed by atoms with E-state index in [-0.39, 0.29) is 0 Å². The van der Waals surface area contributed by atoms with Gasteiger partial charge in [0.05, 0.1) is 11.0 Å². The molecule has 0 aliphatic carbocycles. The van der Waals surface area contributed by atoms with Gasteiger partial charge in [-0.2, -0.15) is 0 Å². The van der Waals surface area contributed by atoms with E-state index in [0.717, 1.165) is 36.6 Å². The van der Waals surface area contributed by atoms with Gasteiger partial charge in [0, 0.05) is 24.8 Å². The SMILES string of the molecule is C=CCNc1ncccc1SOC1CCNCC1. The largest absolute Gasteiger partial charge is 0.366 e. The predicted molar refractivity (Wildman–Crippen MR) is 75.8 cm³/mol. The Morgan fingerprint density at radius 2 is 2.39 bits per heavy atom. The molecule has 1 fully saturated rings. The number of hydrogen-bond acceptors (Lipinski definition) is 5. The van der Waals surface area contributed by atoms with Crippen molar-refractivity contribution < 1.29 is 4.18 Å². The topological polar surface area (TPSA) is 46.2 Å². The fourth-order valence-electron chi connectivity index (χ4n) is 1.77. The molecule has 1 aromatic rings. The number of anilines is 1. The summed E-state index contributed by atoms with van der Waals surface area (Å²) in [7, 11) is 0. The number of nitrogens with zero attached hydrogens (tertiary/aromatic N) is 1. The molecule has 0 atom stereocenters. The third kappa shape index (κ3) is 4.01. The van der Waals surface area contributed by atoms with Crippen molar-refractivity contribution in [3.63, 3.8) is 0 Å². The molecular formula is C13H19N3OS. The summed E-state index contributed by atoms with van der Waals surface area (Å²) in [6.45, 7) is 6.48. The van der Waals surface area contributed by atoms with Gasteiger partial charge in [0.1, 0.15) is 5.82 Å². The van der Waals surface area contributed by atoms with Crippen LogP contribution in [0.2, 0.25) is 0 Å². The van der Waals surface area contributed by atoms with Gasteiger partial charge >= 0.3 is 0 Å². The Labute approximate surface area is 112 Å². The average Bonchev–Trinajstić information content (AvgIpc) is 2.45. The van der Waals surface area contributed by atoms with Crippen LogP contribution >= 0.6 is 12.0 Å². The lowest BCUT2D eigenvalue weighted by Crippen LogP contribution is -2.31. The van der Waals surface area contributed by atoms with Crippen LogP contribution in [-0.4, -0.2) is 30.7 Å². The van der Waals surface area contributed by atoms with Gasteiger partial charge in [-0.1, -0.05) is 6.08 Å².